The highest BCUT2D eigenvalue weighted by Crippen LogP contribution is 2.28. The fraction of sp³-hybridized carbons (Fsp3) is 0.333. The number of aromatic nitrogens is 3. The Labute approximate surface area is 209 Å². The smallest absolute Gasteiger partial charge is 0.151 e. The summed E-state index contributed by atoms with van der Waals surface area (Å²) in [4.78, 5) is 11.0. The lowest BCUT2D eigenvalue weighted by Crippen LogP contribution is -2.21. The van der Waals surface area contributed by atoms with Crippen molar-refractivity contribution in [3.8, 4) is 0 Å². The van der Waals surface area contributed by atoms with Crippen LogP contribution in [0.15, 0.2) is 73.2 Å². The van der Waals surface area contributed by atoms with Gasteiger partial charge in [0.25, 0.3) is 0 Å². The number of aliphatic hydroxyl groups excluding tert-OH is 1. The van der Waals surface area contributed by atoms with Crippen LogP contribution in [0.3, 0.4) is 0 Å². The van der Waals surface area contributed by atoms with Crippen LogP contribution >= 0.6 is 11.8 Å². The number of hydrogen-bond donors (Lipinski definition) is 2. The zero-order chi connectivity index (χ0) is 24.0. The number of ether oxygens (including phenoxy) is 1. The number of anilines is 1. The molecule has 7 nitrogen and oxygen atoms in total. The second-order valence-corrected chi connectivity index (χ2v) is 10.1. The zero-order valence-electron chi connectivity index (χ0n) is 19.7. The van der Waals surface area contributed by atoms with Gasteiger partial charge in [0, 0.05) is 48.8 Å². The summed E-state index contributed by atoms with van der Waals surface area (Å²) in [5.41, 5.74) is 11.4. The van der Waals surface area contributed by atoms with E-state index in [9.17, 15) is 5.11 Å². The molecular weight excluding hydrogens is 458 g/mol. The average molecular weight is 490 g/mol. The number of benzene rings is 2. The molecular formula is C27H31N5O2S. The number of nitrogens with two attached hydrogens (primary N) is 1. The molecule has 4 aromatic rings. The van der Waals surface area contributed by atoms with Crippen LogP contribution < -0.4 is 5.73 Å². The lowest BCUT2D eigenvalue weighted by molar-refractivity contribution is 0.0666. The number of likely N-dealkylation sites (tertiary alicyclic amines) is 1. The summed E-state index contributed by atoms with van der Waals surface area (Å²) in [5, 5.41) is 10.7. The number of aliphatic hydroxyl groups is 1. The molecule has 0 saturated carbocycles. The Bertz CT molecular complexity index is 1230. The molecule has 2 aromatic carbocycles. The summed E-state index contributed by atoms with van der Waals surface area (Å²) >= 11 is 1.89. The van der Waals surface area contributed by atoms with Gasteiger partial charge in [-0.2, -0.15) is 11.8 Å². The fourth-order valence-electron chi connectivity index (χ4n) is 4.66. The molecule has 0 aliphatic carbocycles. The molecule has 1 fully saturated rings. The van der Waals surface area contributed by atoms with Crippen molar-refractivity contribution in [1.29, 1.82) is 0 Å². The minimum atomic E-state index is -0.319. The lowest BCUT2D eigenvalue weighted by atomic mass is 10.1. The Morgan fingerprint density at radius 2 is 1.74 bits per heavy atom. The van der Waals surface area contributed by atoms with Gasteiger partial charge in [-0.3, -0.25) is 4.90 Å². The molecule has 0 spiro atoms. The van der Waals surface area contributed by atoms with E-state index in [2.05, 4.69) is 45.3 Å². The molecule has 182 valence electrons. The second-order valence-electron chi connectivity index (χ2n) is 9.07. The summed E-state index contributed by atoms with van der Waals surface area (Å²) in [6, 6.07) is 20.6. The molecule has 35 heavy (non-hydrogen) atoms. The van der Waals surface area contributed by atoms with E-state index in [0.29, 0.717) is 32.2 Å². The van der Waals surface area contributed by atoms with E-state index in [0.717, 1.165) is 40.2 Å². The molecule has 5 rings (SSSR count). The quantitative estimate of drug-likeness (QED) is 0.349. The van der Waals surface area contributed by atoms with Crippen LogP contribution in [0.2, 0.25) is 0 Å². The van der Waals surface area contributed by atoms with Crippen molar-refractivity contribution in [2.45, 2.75) is 31.7 Å². The summed E-state index contributed by atoms with van der Waals surface area (Å²) in [6.07, 6.45) is 3.25. The molecule has 0 amide bonds. The molecule has 3 N–H and O–H groups in total. The van der Waals surface area contributed by atoms with Gasteiger partial charge in [0.1, 0.15) is 18.6 Å². The molecule has 8 heteroatoms. The summed E-state index contributed by atoms with van der Waals surface area (Å²) < 4.78 is 7.95. The van der Waals surface area contributed by atoms with Crippen LogP contribution in [-0.2, 0) is 30.4 Å². The molecule has 0 radical (unpaired) electrons. The summed E-state index contributed by atoms with van der Waals surface area (Å²) in [5.74, 6) is 2.61. The SMILES string of the molecule is Nc1ncnc2c(CN3C[C@H](CSCc4ccccc4)[C@@H](O)C3)cn(COCc3ccccc3)c12. The van der Waals surface area contributed by atoms with Gasteiger partial charge in [-0.25, -0.2) is 9.97 Å². The van der Waals surface area contributed by atoms with Gasteiger partial charge < -0.3 is 20.1 Å². The fourth-order valence-corrected chi connectivity index (χ4v) is 5.83. The highest BCUT2D eigenvalue weighted by Gasteiger charge is 2.31. The Balaban J connectivity index is 1.22. The first kappa shape index (κ1) is 23.8. The van der Waals surface area contributed by atoms with Crippen LogP contribution in [0.4, 0.5) is 5.82 Å². The largest absolute Gasteiger partial charge is 0.391 e. The van der Waals surface area contributed by atoms with E-state index >= 15 is 0 Å². The first-order chi connectivity index (χ1) is 17.2. The third-order valence-corrected chi connectivity index (χ3v) is 7.62. The molecule has 1 aliphatic heterocycles. The van der Waals surface area contributed by atoms with Crippen LogP contribution in [0.1, 0.15) is 16.7 Å². The number of nitrogens with zero attached hydrogens (tertiary/aromatic N) is 4. The van der Waals surface area contributed by atoms with E-state index in [1.807, 2.05) is 52.7 Å². The van der Waals surface area contributed by atoms with Gasteiger partial charge in [0.05, 0.1) is 18.2 Å². The van der Waals surface area contributed by atoms with Crippen LogP contribution in [0, 0.1) is 5.92 Å². The Hall–Kier alpha value is -2.91. The third-order valence-electron chi connectivity index (χ3n) is 6.42. The van der Waals surface area contributed by atoms with Crippen LogP contribution in [0.25, 0.3) is 11.0 Å². The first-order valence-corrected chi connectivity index (χ1v) is 13.0. The van der Waals surface area contributed by atoms with Crippen LogP contribution in [0.5, 0.6) is 0 Å². The Kier molecular flexibility index (Phi) is 7.63. The van der Waals surface area contributed by atoms with Gasteiger partial charge in [-0.1, -0.05) is 60.7 Å². The summed E-state index contributed by atoms with van der Waals surface area (Å²) in [7, 11) is 0. The van der Waals surface area contributed by atoms with Gasteiger partial charge in [-0.05, 0) is 11.1 Å². The van der Waals surface area contributed by atoms with Gasteiger partial charge in [0.2, 0.25) is 0 Å². The number of rotatable bonds is 10. The molecule has 0 unspecified atom stereocenters. The molecule has 2 aromatic heterocycles. The molecule has 0 bridgehead atoms. The molecule has 1 saturated heterocycles. The first-order valence-electron chi connectivity index (χ1n) is 11.9. The maximum Gasteiger partial charge on any atom is 0.151 e. The average Bonchev–Trinajstić information content (AvgIpc) is 3.41. The minimum Gasteiger partial charge on any atom is -0.391 e. The van der Waals surface area contributed by atoms with Crippen molar-refractivity contribution in [3.05, 3.63) is 89.9 Å². The van der Waals surface area contributed by atoms with E-state index in [1.165, 1.54) is 11.9 Å². The topological polar surface area (TPSA) is 89.4 Å². The normalized spacial score (nSPS) is 18.4. The van der Waals surface area contributed by atoms with Crippen molar-refractivity contribution in [1.82, 2.24) is 19.4 Å². The van der Waals surface area contributed by atoms with Gasteiger partial charge in [-0.15, -0.1) is 0 Å². The van der Waals surface area contributed by atoms with Gasteiger partial charge >= 0.3 is 0 Å². The second kappa shape index (κ2) is 11.2. The maximum atomic E-state index is 10.7. The highest BCUT2D eigenvalue weighted by atomic mass is 32.2. The van der Waals surface area contributed by atoms with Crippen molar-refractivity contribution < 1.29 is 9.84 Å². The lowest BCUT2D eigenvalue weighted by Gasteiger charge is -2.15. The number of thioether (sulfide) groups is 1. The van der Waals surface area contributed by atoms with Crippen molar-refractivity contribution in [3.63, 3.8) is 0 Å². The van der Waals surface area contributed by atoms with E-state index in [1.54, 1.807) is 0 Å². The van der Waals surface area contributed by atoms with Crippen molar-refractivity contribution in [2.75, 3.05) is 24.6 Å². The van der Waals surface area contributed by atoms with E-state index in [-0.39, 0.29) is 12.0 Å². The monoisotopic (exact) mass is 489 g/mol. The van der Waals surface area contributed by atoms with Gasteiger partial charge in [0.15, 0.2) is 5.82 Å². The predicted octanol–water partition coefficient (Wildman–Crippen LogP) is 3.91. The minimum absolute atomic E-state index is 0.256. The Morgan fingerprint density at radius 3 is 2.51 bits per heavy atom. The number of fused-ring (bicyclic) bond motifs is 1. The molecule has 1 aliphatic rings. The predicted molar refractivity (Wildman–Crippen MR) is 141 cm³/mol. The third kappa shape index (κ3) is 5.85. The zero-order valence-corrected chi connectivity index (χ0v) is 20.5. The van der Waals surface area contributed by atoms with E-state index < -0.39 is 0 Å². The summed E-state index contributed by atoms with van der Waals surface area (Å²) in [6.45, 7) is 3.11. The highest BCUT2D eigenvalue weighted by molar-refractivity contribution is 7.98. The number of nitrogen functional groups attached to an aromatic ring is 1. The van der Waals surface area contributed by atoms with Crippen molar-refractivity contribution >= 4 is 28.6 Å². The van der Waals surface area contributed by atoms with E-state index in [4.69, 9.17) is 10.5 Å². The maximum absolute atomic E-state index is 10.7. The molecule has 3 heterocycles. The van der Waals surface area contributed by atoms with Crippen LogP contribution in [-0.4, -0.2) is 49.5 Å². The van der Waals surface area contributed by atoms with Crippen molar-refractivity contribution in [2.24, 2.45) is 5.92 Å². The Morgan fingerprint density at radius 1 is 1.00 bits per heavy atom. The standard InChI is InChI=1S/C27H31N5O2S/c28-27-26-25(29-18-30-27)22(13-32(26)19-34-15-20-7-3-1-4-8-20)11-31-12-23(24(33)14-31)17-35-16-21-9-5-2-6-10-21/h1-10,13,18,23-24,33H,11-12,14-17,19H2,(H2,28,29,30)/t23-,24+/m1/s1. The molecule has 2 atom stereocenters. The number of β-amino-alcohol motifs (C(OH)–C–C–N with tert-alkyl or cyclic N) is 1. The number of hydrogen-bond acceptors (Lipinski definition) is 7.